The van der Waals surface area contributed by atoms with Gasteiger partial charge in [-0.2, -0.15) is 0 Å². The molecule has 0 radical (unpaired) electrons. The molecule has 0 heterocycles. The highest BCUT2D eigenvalue weighted by molar-refractivity contribution is 7.90. The third kappa shape index (κ3) is 5.00. The van der Waals surface area contributed by atoms with Crippen molar-refractivity contribution in [3.05, 3.63) is 33.9 Å². The summed E-state index contributed by atoms with van der Waals surface area (Å²) >= 11 is 0. The van der Waals surface area contributed by atoms with Crippen LogP contribution in [0.2, 0.25) is 0 Å². The van der Waals surface area contributed by atoms with Crippen molar-refractivity contribution in [1.29, 1.82) is 0 Å². The van der Waals surface area contributed by atoms with Crippen LogP contribution in [-0.4, -0.2) is 37.3 Å². The van der Waals surface area contributed by atoms with Crippen LogP contribution in [0.25, 0.3) is 0 Å². The number of hydrazine groups is 1. The first-order chi connectivity index (χ1) is 9.64. The summed E-state index contributed by atoms with van der Waals surface area (Å²) in [6, 6.07) is 3.11. The molecule has 1 rings (SSSR count). The number of rotatable bonds is 6. The molecule has 0 aliphatic carbocycles. The molecule has 1 amide bonds. The lowest BCUT2D eigenvalue weighted by molar-refractivity contribution is -0.384. The molecule has 4 N–H and O–H groups in total. The van der Waals surface area contributed by atoms with Gasteiger partial charge in [0.25, 0.3) is 11.6 Å². The Morgan fingerprint density at radius 1 is 1.48 bits per heavy atom. The minimum Gasteiger partial charge on any atom is -0.349 e. The van der Waals surface area contributed by atoms with Crippen LogP contribution < -0.4 is 16.6 Å². The first kappa shape index (κ1) is 16.9. The van der Waals surface area contributed by atoms with Crippen LogP contribution in [0.3, 0.4) is 0 Å². The zero-order valence-electron chi connectivity index (χ0n) is 11.5. The molecule has 1 atom stereocenters. The van der Waals surface area contributed by atoms with Gasteiger partial charge in [0.15, 0.2) is 0 Å². The number of carbonyl (C=O) groups is 1. The number of nitrogens with zero attached hydrogens (tertiary/aromatic N) is 1. The molecule has 0 aliphatic heterocycles. The number of nitrogen functional groups attached to an aromatic ring is 1. The molecule has 0 aliphatic rings. The number of nitro groups is 1. The fourth-order valence-electron chi connectivity index (χ4n) is 1.75. The molecule has 0 spiro atoms. The van der Waals surface area contributed by atoms with Crippen LogP contribution in [-0.2, 0) is 9.84 Å². The molecule has 21 heavy (non-hydrogen) atoms. The number of hydrogen-bond donors (Lipinski definition) is 3. The Kier molecular flexibility index (Phi) is 5.22. The highest BCUT2D eigenvalue weighted by atomic mass is 32.2. The Morgan fingerprint density at radius 3 is 2.57 bits per heavy atom. The van der Waals surface area contributed by atoms with Gasteiger partial charge in [-0.3, -0.25) is 20.8 Å². The maximum absolute atomic E-state index is 11.9. The SMILES string of the molecule is CC(CS(C)(=O)=O)NC(=O)c1ccc(NN)c([N+](=O)[O-])c1. The maximum atomic E-state index is 11.9. The average Bonchev–Trinajstić information content (AvgIpc) is 2.35. The number of sulfone groups is 1. The average molecular weight is 316 g/mol. The largest absolute Gasteiger partial charge is 0.349 e. The van der Waals surface area contributed by atoms with Gasteiger partial charge in [-0.05, 0) is 19.1 Å². The number of hydrogen-bond acceptors (Lipinski definition) is 7. The summed E-state index contributed by atoms with van der Waals surface area (Å²) in [6.45, 7) is 1.53. The molecule has 116 valence electrons. The fourth-order valence-corrected chi connectivity index (χ4v) is 2.74. The van der Waals surface area contributed by atoms with E-state index in [0.29, 0.717) is 0 Å². The van der Waals surface area contributed by atoms with Crippen LogP contribution >= 0.6 is 0 Å². The summed E-state index contributed by atoms with van der Waals surface area (Å²) in [4.78, 5) is 22.1. The van der Waals surface area contributed by atoms with Gasteiger partial charge in [-0.25, -0.2) is 8.42 Å². The van der Waals surface area contributed by atoms with E-state index in [0.717, 1.165) is 12.3 Å². The molecule has 0 saturated carbocycles. The number of nitrogens with two attached hydrogens (primary N) is 1. The van der Waals surface area contributed by atoms with Gasteiger partial charge in [0.2, 0.25) is 0 Å². The molecule has 9 nitrogen and oxygen atoms in total. The van der Waals surface area contributed by atoms with Crippen molar-refractivity contribution < 1.29 is 18.1 Å². The minimum absolute atomic E-state index is 0.0426. The standard InChI is InChI=1S/C11H16N4O5S/c1-7(6-21(2,19)20)13-11(16)8-3-4-9(14-12)10(5-8)15(17)18/h3-5,7,14H,6,12H2,1-2H3,(H,13,16). The maximum Gasteiger partial charge on any atom is 0.294 e. The summed E-state index contributed by atoms with van der Waals surface area (Å²) in [5, 5.41) is 13.3. The number of nitro benzene ring substituents is 1. The Morgan fingerprint density at radius 2 is 2.10 bits per heavy atom. The number of nitrogens with one attached hydrogen (secondary N) is 2. The molecular weight excluding hydrogens is 300 g/mol. The lowest BCUT2D eigenvalue weighted by atomic mass is 10.1. The van der Waals surface area contributed by atoms with Crippen LogP contribution in [0.1, 0.15) is 17.3 Å². The summed E-state index contributed by atoms with van der Waals surface area (Å²) < 4.78 is 22.2. The van der Waals surface area contributed by atoms with Crippen molar-refractivity contribution in [2.75, 3.05) is 17.4 Å². The molecule has 1 aromatic carbocycles. The molecule has 0 bridgehead atoms. The second kappa shape index (κ2) is 6.50. The van der Waals surface area contributed by atoms with Gasteiger partial charge in [-0.15, -0.1) is 0 Å². The van der Waals surface area contributed by atoms with Crippen molar-refractivity contribution in [3.63, 3.8) is 0 Å². The second-order valence-corrected chi connectivity index (χ2v) is 6.79. The monoisotopic (exact) mass is 316 g/mol. The number of benzene rings is 1. The van der Waals surface area contributed by atoms with E-state index >= 15 is 0 Å². The van der Waals surface area contributed by atoms with E-state index in [1.54, 1.807) is 0 Å². The van der Waals surface area contributed by atoms with E-state index in [1.165, 1.54) is 19.1 Å². The van der Waals surface area contributed by atoms with Crippen LogP contribution in [0.5, 0.6) is 0 Å². The van der Waals surface area contributed by atoms with Crippen LogP contribution in [0, 0.1) is 10.1 Å². The summed E-state index contributed by atoms with van der Waals surface area (Å²) in [6.07, 6.45) is 1.06. The predicted molar refractivity (Wildman–Crippen MR) is 77.5 cm³/mol. The van der Waals surface area contributed by atoms with E-state index in [1.807, 2.05) is 0 Å². The van der Waals surface area contributed by atoms with Crippen molar-refractivity contribution in [1.82, 2.24) is 5.32 Å². The zero-order valence-corrected chi connectivity index (χ0v) is 12.3. The van der Waals surface area contributed by atoms with Gasteiger partial charge < -0.3 is 10.7 Å². The first-order valence-electron chi connectivity index (χ1n) is 5.87. The van der Waals surface area contributed by atoms with E-state index in [-0.39, 0.29) is 22.7 Å². The van der Waals surface area contributed by atoms with Crippen LogP contribution in [0.4, 0.5) is 11.4 Å². The van der Waals surface area contributed by atoms with Gasteiger partial charge in [0.05, 0.1) is 10.7 Å². The molecule has 10 heteroatoms. The third-order valence-corrected chi connectivity index (χ3v) is 3.65. The summed E-state index contributed by atoms with van der Waals surface area (Å²) in [7, 11) is -3.23. The van der Waals surface area contributed by atoms with E-state index in [2.05, 4.69) is 10.7 Å². The Labute approximate surface area is 121 Å². The fraction of sp³-hybridized carbons (Fsp3) is 0.364. The lowest BCUT2D eigenvalue weighted by Crippen LogP contribution is -2.37. The van der Waals surface area contributed by atoms with Gasteiger partial charge in [0, 0.05) is 23.9 Å². The lowest BCUT2D eigenvalue weighted by Gasteiger charge is -2.13. The van der Waals surface area contributed by atoms with Crippen molar-refractivity contribution in [2.24, 2.45) is 5.84 Å². The van der Waals surface area contributed by atoms with Crippen LogP contribution in [0.15, 0.2) is 18.2 Å². The molecule has 0 aromatic heterocycles. The van der Waals surface area contributed by atoms with Crippen molar-refractivity contribution in [3.8, 4) is 0 Å². The first-order valence-corrected chi connectivity index (χ1v) is 7.93. The van der Waals surface area contributed by atoms with Gasteiger partial charge in [-0.1, -0.05) is 0 Å². The molecule has 0 fully saturated rings. The topological polar surface area (TPSA) is 144 Å². The third-order valence-electron chi connectivity index (χ3n) is 2.54. The van der Waals surface area contributed by atoms with Crippen molar-refractivity contribution in [2.45, 2.75) is 13.0 Å². The molecule has 1 aromatic rings. The highest BCUT2D eigenvalue weighted by Crippen LogP contribution is 2.24. The Balaban J connectivity index is 2.93. The molecular formula is C11H16N4O5S. The molecule has 0 saturated heterocycles. The Bertz CT molecular complexity index is 659. The number of carbonyl (C=O) groups excluding carboxylic acids is 1. The van der Waals surface area contributed by atoms with E-state index < -0.39 is 26.7 Å². The second-order valence-electron chi connectivity index (χ2n) is 4.60. The zero-order chi connectivity index (χ0) is 16.2. The van der Waals surface area contributed by atoms with E-state index in [9.17, 15) is 23.3 Å². The predicted octanol–water partition coefficient (Wildman–Crippen LogP) is 0.0433. The Hall–Kier alpha value is -2.20. The normalized spacial score (nSPS) is 12.5. The number of anilines is 1. The number of amides is 1. The summed E-state index contributed by atoms with van der Waals surface area (Å²) in [5.41, 5.74) is 1.93. The van der Waals surface area contributed by atoms with E-state index in [4.69, 9.17) is 5.84 Å². The van der Waals surface area contributed by atoms with Crippen molar-refractivity contribution >= 4 is 27.1 Å². The van der Waals surface area contributed by atoms with Gasteiger partial charge >= 0.3 is 0 Å². The highest BCUT2D eigenvalue weighted by Gasteiger charge is 2.19. The van der Waals surface area contributed by atoms with Gasteiger partial charge in [0.1, 0.15) is 15.5 Å². The minimum atomic E-state index is -3.23. The molecule has 1 unspecified atom stereocenters. The quantitative estimate of drug-likeness (QED) is 0.382. The summed E-state index contributed by atoms with van der Waals surface area (Å²) in [5.74, 6) is 4.32. The smallest absolute Gasteiger partial charge is 0.294 e.